The molecule has 0 spiro atoms. The molecule has 8 rings (SSSR count). The molecule has 16 heteroatoms. The predicted molar refractivity (Wildman–Crippen MR) is 224 cm³/mol. The van der Waals surface area contributed by atoms with Crippen LogP contribution in [0.25, 0.3) is 16.6 Å². The summed E-state index contributed by atoms with van der Waals surface area (Å²) in [6, 6.07) is 18.6. The minimum Gasteiger partial charge on any atom is -0.489 e. The van der Waals surface area contributed by atoms with Gasteiger partial charge in [0.25, 0.3) is 21.6 Å². The molecule has 14 nitrogen and oxygen atoms in total. The molecule has 302 valence electrons. The zero-order chi connectivity index (χ0) is 40.8. The van der Waals surface area contributed by atoms with Crippen LogP contribution < -0.4 is 24.4 Å². The summed E-state index contributed by atoms with van der Waals surface area (Å²) in [6.45, 7) is 10.6. The van der Waals surface area contributed by atoms with Crippen LogP contribution in [-0.4, -0.2) is 79.5 Å². The molecule has 1 aliphatic carbocycles. The largest absolute Gasteiger partial charge is 0.489 e. The van der Waals surface area contributed by atoms with Crippen molar-refractivity contribution < 1.29 is 27.6 Å². The Morgan fingerprint density at radius 2 is 1.86 bits per heavy atom. The van der Waals surface area contributed by atoms with Crippen LogP contribution >= 0.6 is 11.6 Å². The second-order valence-electron chi connectivity index (χ2n) is 15.9. The van der Waals surface area contributed by atoms with Gasteiger partial charge in [-0.25, -0.2) is 18.1 Å². The smallest absolute Gasteiger partial charge is 0.297 e. The number of piperazine rings is 1. The normalized spacial score (nSPS) is 18.3. The number of rotatable bonds is 10. The number of amides is 1. The topological polar surface area (TPSA) is 172 Å². The average molecular weight is 826 g/mol. The Balaban J connectivity index is 1.04. The van der Waals surface area contributed by atoms with Crippen LogP contribution in [0, 0.1) is 15.5 Å². The van der Waals surface area contributed by atoms with E-state index in [-0.39, 0.29) is 40.8 Å². The fourth-order valence-corrected chi connectivity index (χ4v) is 8.98. The van der Waals surface area contributed by atoms with E-state index in [1.807, 2.05) is 18.2 Å². The number of fused-ring (bicyclic) bond motifs is 2. The van der Waals surface area contributed by atoms with Crippen LogP contribution in [-0.2, 0) is 10.0 Å². The first-order valence-electron chi connectivity index (χ1n) is 19.2. The first-order valence-corrected chi connectivity index (χ1v) is 21.1. The number of ether oxygens (including phenoxy) is 2. The zero-order valence-corrected chi connectivity index (χ0v) is 34.0. The van der Waals surface area contributed by atoms with Crippen molar-refractivity contribution in [2.75, 3.05) is 49.5 Å². The van der Waals surface area contributed by atoms with Gasteiger partial charge in [0, 0.05) is 73.2 Å². The van der Waals surface area contributed by atoms with Crippen molar-refractivity contribution in [2.45, 2.75) is 51.0 Å². The Morgan fingerprint density at radius 3 is 2.62 bits per heavy atom. The number of nitrogens with zero attached hydrogens (tertiary/aromatic N) is 4. The molecule has 1 fully saturated rings. The molecule has 2 aromatic heterocycles. The number of hydrogen-bond acceptors (Lipinski definition) is 11. The number of halogens is 1. The molecule has 0 bridgehead atoms. The van der Waals surface area contributed by atoms with Crippen LogP contribution in [0.4, 0.5) is 17.1 Å². The molecule has 2 aliphatic heterocycles. The van der Waals surface area contributed by atoms with Gasteiger partial charge in [-0.2, -0.15) is 0 Å². The number of aromatic nitrogens is 2. The molecule has 0 radical (unpaired) electrons. The summed E-state index contributed by atoms with van der Waals surface area (Å²) in [5.41, 5.74) is 5.32. The first kappa shape index (κ1) is 39.2. The highest BCUT2D eigenvalue weighted by atomic mass is 35.5. The monoisotopic (exact) mass is 825 g/mol. The fourth-order valence-electron chi connectivity index (χ4n) is 7.85. The molecular weight excluding hydrogens is 782 g/mol. The molecule has 58 heavy (non-hydrogen) atoms. The van der Waals surface area contributed by atoms with Gasteiger partial charge < -0.3 is 24.7 Å². The van der Waals surface area contributed by atoms with Gasteiger partial charge in [0.15, 0.2) is 11.4 Å². The molecule has 5 aromatic rings. The molecule has 4 heterocycles. The number of carbonyl (C=O) groups is 1. The van der Waals surface area contributed by atoms with Crippen molar-refractivity contribution >= 4 is 61.2 Å². The van der Waals surface area contributed by atoms with E-state index in [1.165, 1.54) is 35.0 Å². The summed E-state index contributed by atoms with van der Waals surface area (Å²) < 4.78 is 41.3. The zero-order valence-electron chi connectivity index (χ0n) is 32.4. The highest BCUT2D eigenvalue weighted by Crippen LogP contribution is 2.44. The van der Waals surface area contributed by atoms with Gasteiger partial charge in [0.05, 0.1) is 27.6 Å². The van der Waals surface area contributed by atoms with Crippen molar-refractivity contribution in [3.63, 3.8) is 0 Å². The third-order valence-electron chi connectivity index (χ3n) is 11.0. The predicted octanol–water partition coefficient (Wildman–Crippen LogP) is 8.01. The highest BCUT2D eigenvalue weighted by Gasteiger charge is 2.32. The quantitative estimate of drug-likeness (QED) is 0.0920. The Bertz CT molecular complexity index is 2550. The highest BCUT2D eigenvalue weighted by molar-refractivity contribution is 7.90. The van der Waals surface area contributed by atoms with E-state index in [2.05, 4.69) is 55.8 Å². The maximum atomic E-state index is 13.9. The minimum absolute atomic E-state index is 0.00246. The number of anilines is 2. The third kappa shape index (κ3) is 8.33. The second kappa shape index (κ2) is 15.6. The summed E-state index contributed by atoms with van der Waals surface area (Å²) in [4.78, 5) is 36.8. The number of aromatic amines is 1. The van der Waals surface area contributed by atoms with Crippen LogP contribution in [0.15, 0.2) is 89.6 Å². The number of benzene rings is 3. The van der Waals surface area contributed by atoms with E-state index >= 15 is 0 Å². The summed E-state index contributed by atoms with van der Waals surface area (Å²) in [5, 5.41) is 16.4. The van der Waals surface area contributed by atoms with Gasteiger partial charge in [0.2, 0.25) is 0 Å². The standard InChI is InChI=1S/C42H44ClN7O7S/c1-26-25-56-38-21-33(20-36(50(52)53)39(38)46-26)58(54,55)47-41(51)34-9-8-31(19-37(34)57-32-18-28-11-13-44-40(28)45-23-32)49-16-14-48(15-17-49)24-29-10-12-42(2,3)22-35(29)27-4-6-30(43)7-5-27/h4-9,11,13,18-21,23,26,46H,10,12,14-17,22,24-25H2,1-3H3,(H,44,45)(H,47,51)/t26-/m0/s1. The maximum Gasteiger partial charge on any atom is 0.297 e. The summed E-state index contributed by atoms with van der Waals surface area (Å²) in [7, 11) is -4.61. The number of nitro groups is 1. The number of hydrogen-bond donors (Lipinski definition) is 3. The molecule has 3 aliphatic rings. The second-order valence-corrected chi connectivity index (χ2v) is 18.0. The van der Waals surface area contributed by atoms with Crippen molar-refractivity contribution in [3.05, 3.63) is 111 Å². The Hall–Kier alpha value is -5.64. The molecule has 1 saturated heterocycles. The summed E-state index contributed by atoms with van der Waals surface area (Å²) >= 11 is 6.23. The Labute approximate surface area is 341 Å². The lowest BCUT2D eigenvalue weighted by Crippen LogP contribution is -2.47. The SMILES string of the molecule is C[C@H]1COc2cc(S(=O)(=O)NC(=O)c3ccc(N4CCN(CC5=C(c6ccc(Cl)cc6)CC(C)(C)CC5)CC4)cc3Oc3cnc4[nH]ccc4c3)cc([N+](=O)[O-])c2N1. The first-order chi connectivity index (χ1) is 27.7. The van der Waals surface area contributed by atoms with Crippen LogP contribution in [0.1, 0.15) is 56.0 Å². The minimum atomic E-state index is -4.61. The third-order valence-corrected chi connectivity index (χ3v) is 12.6. The molecule has 0 saturated carbocycles. The number of H-pyrrole nitrogens is 1. The lowest BCUT2D eigenvalue weighted by Gasteiger charge is -2.39. The van der Waals surface area contributed by atoms with Crippen molar-refractivity contribution in [2.24, 2.45) is 5.41 Å². The van der Waals surface area contributed by atoms with Crippen LogP contribution in [0.2, 0.25) is 5.02 Å². The van der Waals surface area contributed by atoms with Gasteiger partial charge in [-0.1, -0.05) is 43.2 Å². The molecular formula is C42H44ClN7O7S. The van der Waals surface area contributed by atoms with E-state index < -0.39 is 31.4 Å². The molecule has 0 unspecified atom stereocenters. The molecule has 1 amide bonds. The molecule has 3 N–H and O–H groups in total. The average Bonchev–Trinajstić information content (AvgIpc) is 3.66. The van der Waals surface area contributed by atoms with Crippen molar-refractivity contribution in [1.82, 2.24) is 19.6 Å². The van der Waals surface area contributed by atoms with Crippen molar-refractivity contribution in [1.29, 1.82) is 0 Å². The summed E-state index contributed by atoms with van der Waals surface area (Å²) in [5.74, 6) is -0.515. The van der Waals surface area contributed by atoms with Gasteiger partial charge >= 0.3 is 0 Å². The number of sulfonamides is 1. The van der Waals surface area contributed by atoms with E-state index in [1.54, 1.807) is 31.3 Å². The fraction of sp³-hybridized carbons (Fsp3) is 0.333. The number of allylic oxidation sites excluding steroid dienone is 1. The van der Waals surface area contributed by atoms with Crippen LogP contribution in [0.3, 0.4) is 0 Å². The summed E-state index contributed by atoms with van der Waals surface area (Å²) in [6.07, 6.45) is 6.46. The van der Waals surface area contributed by atoms with E-state index in [0.717, 1.165) is 74.1 Å². The lowest BCUT2D eigenvalue weighted by atomic mass is 9.72. The van der Waals surface area contributed by atoms with Gasteiger partial charge in [-0.15, -0.1) is 0 Å². The molecule has 1 atom stereocenters. The van der Waals surface area contributed by atoms with Crippen LogP contribution in [0.5, 0.6) is 17.2 Å². The number of pyridine rings is 1. The Morgan fingerprint density at radius 1 is 1.09 bits per heavy atom. The number of nitrogens with one attached hydrogen (secondary N) is 3. The van der Waals surface area contributed by atoms with Crippen molar-refractivity contribution in [3.8, 4) is 17.2 Å². The lowest BCUT2D eigenvalue weighted by molar-refractivity contribution is -0.384. The maximum absolute atomic E-state index is 13.9. The number of carbonyl (C=O) groups excluding carboxylic acids is 1. The number of nitro benzene ring substituents is 1. The van der Waals surface area contributed by atoms with Gasteiger partial charge in [-0.05, 0) is 79.1 Å². The Kier molecular flexibility index (Phi) is 10.5. The van der Waals surface area contributed by atoms with E-state index in [4.69, 9.17) is 21.1 Å². The van der Waals surface area contributed by atoms with E-state index in [0.29, 0.717) is 11.4 Å². The van der Waals surface area contributed by atoms with Gasteiger partial charge in [0.1, 0.15) is 23.8 Å². The van der Waals surface area contributed by atoms with Gasteiger partial charge in [-0.3, -0.25) is 19.8 Å². The van der Waals surface area contributed by atoms with E-state index in [9.17, 15) is 23.3 Å². The molecule has 3 aromatic carbocycles.